The predicted octanol–water partition coefficient (Wildman–Crippen LogP) is 3.58. The standard InChI is InChI=1S/C18H24Cl2N2O3/c19-14-7-8-16(15(20)12-14)25-11-3-6-17(23)21-9-10-22-18(24)13-4-1-2-5-13/h7-8,12-13H,1-6,9-11H2,(H,21,23)(H,22,24). The molecule has 0 spiro atoms. The average molecular weight is 387 g/mol. The van der Waals surface area contributed by atoms with Gasteiger partial charge in [0.15, 0.2) is 0 Å². The van der Waals surface area contributed by atoms with E-state index < -0.39 is 0 Å². The van der Waals surface area contributed by atoms with Gasteiger partial charge in [-0.2, -0.15) is 0 Å². The van der Waals surface area contributed by atoms with E-state index in [0.29, 0.717) is 48.3 Å². The molecule has 138 valence electrons. The molecule has 2 rings (SSSR count). The molecule has 2 amide bonds. The maximum atomic E-state index is 11.8. The zero-order chi connectivity index (χ0) is 18.1. The summed E-state index contributed by atoms with van der Waals surface area (Å²) in [6.07, 6.45) is 5.18. The molecule has 0 aromatic heterocycles. The molecular formula is C18H24Cl2N2O3. The first-order valence-electron chi connectivity index (χ1n) is 8.68. The minimum Gasteiger partial charge on any atom is -0.492 e. The fourth-order valence-corrected chi connectivity index (χ4v) is 3.28. The van der Waals surface area contributed by atoms with Crippen molar-refractivity contribution < 1.29 is 14.3 Å². The van der Waals surface area contributed by atoms with Crippen molar-refractivity contribution in [2.24, 2.45) is 5.92 Å². The van der Waals surface area contributed by atoms with Gasteiger partial charge in [0.1, 0.15) is 5.75 Å². The lowest BCUT2D eigenvalue weighted by Crippen LogP contribution is -2.37. The van der Waals surface area contributed by atoms with Gasteiger partial charge in [0.05, 0.1) is 11.6 Å². The molecule has 25 heavy (non-hydrogen) atoms. The van der Waals surface area contributed by atoms with Crippen LogP contribution in [-0.2, 0) is 9.59 Å². The average Bonchev–Trinajstić information content (AvgIpc) is 3.11. The van der Waals surface area contributed by atoms with Gasteiger partial charge < -0.3 is 15.4 Å². The molecule has 5 nitrogen and oxygen atoms in total. The van der Waals surface area contributed by atoms with Gasteiger partial charge in [0.2, 0.25) is 11.8 Å². The van der Waals surface area contributed by atoms with Gasteiger partial charge in [-0.3, -0.25) is 9.59 Å². The van der Waals surface area contributed by atoms with Crippen molar-refractivity contribution in [2.45, 2.75) is 38.5 Å². The Labute approximate surface area is 158 Å². The van der Waals surface area contributed by atoms with Crippen molar-refractivity contribution in [1.82, 2.24) is 10.6 Å². The molecule has 1 aliphatic rings. The fraction of sp³-hybridized carbons (Fsp3) is 0.556. The molecule has 0 saturated heterocycles. The van der Waals surface area contributed by atoms with Gasteiger partial charge in [0.25, 0.3) is 0 Å². The Hall–Kier alpha value is -1.46. The van der Waals surface area contributed by atoms with Crippen LogP contribution in [0.15, 0.2) is 18.2 Å². The Morgan fingerprint density at radius 1 is 1.12 bits per heavy atom. The Kier molecular flexibility index (Phi) is 8.35. The first-order chi connectivity index (χ1) is 12.1. The van der Waals surface area contributed by atoms with Gasteiger partial charge in [0, 0.05) is 30.5 Å². The van der Waals surface area contributed by atoms with Crippen LogP contribution < -0.4 is 15.4 Å². The topological polar surface area (TPSA) is 67.4 Å². The lowest BCUT2D eigenvalue weighted by molar-refractivity contribution is -0.125. The summed E-state index contributed by atoms with van der Waals surface area (Å²) in [5, 5.41) is 6.68. The fourth-order valence-electron chi connectivity index (χ4n) is 2.82. The first-order valence-corrected chi connectivity index (χ1v) is 9.44. The van der Waals surface area contributed by atoms with E-state index in [4.69, 9.17) is 27.9 Å². The van der Waals surface area contributed by atoms with E-state index >= 15 is 0 Å². The largest absolute Gasteiger partial charge is 0.492 e. The molecule has 0 atom stereocenters. The summed E-state index contributed by atoms with van der Waals surface area (Å²) in [4.78, 5) is 23.6. The van der Waals surface area contributed by atoms with Crippen LogP contribution in [0, 0.1) is 5.92 Å². The van der Waals surface area contributed by atoms with Crippen molar-refractivity contribution >= 4 is 35.0 Å². The highest BCUT2D eigenvalue weighted by atomic mass is 35.5. The molecule has 1 fully saturated rings. The maximum Gasteiger partial charge on any atom is 0.223 e. The molecule has 0 aliphatic heterocycles. The van der Waals surface area contributed by atoms with E-state index in [9.17, 15) is 9.59 Å². The van der Waals surface area contributed by atoms with E-state index in [1.54, 1.807) is 18.2 Å². The Balaban J connectivity index is 1.51. The molecule has 1 aromatic rings. The Morgan fingerprint density at radius 2 is 1.84 bits per heavy atom. The zero-order valence-corrected chi connectivity index (χ0v) is 15.7. The van der Waals surface area contributed by atoms with Crippen molar-refractivity contribution in [3.05, 3.63) is 28.2 Å². The third-order valence-corrected chi connectivity index (χ3v) is 4.70. The van der Waals surface area contributed by atoms with E-state index in [0.717, 1.165) is 25.7 Å². The molecule has 1 saturated carbocycles. The van der Waals surface area contributed by atoms with Crippen LogP contribution in [0.3, 0.4) is 0 Å². The number of hydrogen-bond acceptors (Lipinski definition) is 3. The van der Waals surface area contributed by atoms with E-state index in [1.165, 1.54) is 0 Å². The third-order valence-electron chi connectivity index (χ3n) is 4.17. The summed E-state index contributed by atoms with van der Waals surface area (Å²) >= 11 is 11.8. The van der Waals surface area contributed by atoms with Crippen molar-refractivity contribution in [3.8, 4) is 5.75 Å². The number of rotatable bonds is 9. The summed E-state index contributed by atoms with van der Waals surface area (Å²) in [5.41, 5.74) is 0. The summed E-state index contributed by atoms with van der Waals surface area (Å²) in [7, 11) is 0. The molecule has 0 radical (unpaired) electrons. The van der Waals surface area contributed by atoms with Crippen LogP contribution in [0.25, 0.3) is 0 Å². The first kappa shape index (κ1) is 19.9. The number of carbonyl (C=O) groups excluding carboxylic acids is 2. The molecule has 0 bridgehead atoms. The molecule has 0 unspecified atom stereocenters. The van der Waals surface area contributed by atoms with Crippen molar-refractivity contribution in [2.75, 3.05) is 19.7 Å². The highest BCUT2D eigenvalue weighted by Crippen LogP contribution is 2.27. The Bertz CT molecular complexity index is 590. The number of nitrogens with one attached hydrogen (secondary N) is 2. The molecular weight excluding hydrogens is 363 g/mol. The smallest absolute Gasteiger partial charge is 0.223 e. The Morgan fingerprint density at radius 3 is 2.56 bits per heavy atom. The van der Waals surface area contributed by atoms with Gasteiger partial charge in [-0.15, -0.1) is 0 Å². The number of carbonyl (C=O) groups is 2. The quantitative estimate of drug-likeness (QED) is 0.637. The second-order valence-electron chi connectivity index (χ2n) is 6.15. The van der Waals surface area contributed by atoms with Gasteiger partial charge in [-0.1, -0.05) is 36.0 Å². The summed E-state index contributed by atoms with van der Waals surface area (Å²) < 4.78 is 5.53. The van der Waals surface area contributed by atoms with Gasteiger partial charge >= 0.3 is 0 Å². The predicted molar refractivity (Wildman–Crippen MR) is 99.2 cm³/mol. The molecule has 1 aromatic carbocycles. The number of hydrogen-bond donors (Lipinski definition) is 2. The second kappa shape index (κ2) is 10.5. The third kappa shape index (κ3) is 7.12. The van der Waals surface area contributed by atoms with Crippen molar-refractivity contribution in [1.29, 1.82) is 0 Å². The van der Waals surface area contributed by atoms with Crippen LogP contribution in [-0.4, -0.2) is 31.5 Å². The highest BCUT2D eigenvalue weighted by Gasteiger charge is 2.21. The minimum atomic E-state index is -0.0547. The van der Waals surface area contributed by atoms with E-state index in [1.807, 2.05) is 0 Å². The van der Waals surface area contributed by atoms with Gasteiger partial charge in [-0.25, -0.2) is 0 Å². The normalized spacial score (nSPS) is 14.3. The molecule has 1 aliphatic carbocycles. The number of halogens is 2. The second-order valence-corrected chi connectivity index (χ2v) is 6.99. The summed E-state index contributed by atoms with van der Waals surface area (Å²) in [5.74, 6) is 0.773. The lowest BCUT2D eigenvalue weighted by atomic mass is 10.1. The van der Waals surface area contributed by atoms with Crippen LogP contribution in [0.1, 0.15) is 38.5 Å². The highest BCUT2D eigenvalue weighted by molar-refractivity contribution is 6.35. The summed E-state index contributed by atoms with van der Waals surface area (Å²) in [6.45, 7) is 1.31. The molecule has 7 heteroatoms. The number of amides is 2. The van der Waals surface area contributed by atoms with E-state index in [2.05, 4.69) is 10.6 Å². The zero-order valence-electron chi connectivity index (χ0n) is 14.2. The van der Waals surface area contributed by atoms with Crippen LogP contribution in [0.2, 0.25) is 10.0 Å². The van der Waals surface area contributed by atoms with E-state index in [-0.39, 0.29) is 17.7 Å². The monoisotopic (exact) mass is 386 g/mol. The minimum absolute atomic E-state index is 0.0547. The van der Waals surface area contributed by atoms with Crippen molar-refractivity contribution in [3.63, 3.8) is 0 Å². The maximum absolute atomic E-state index is 11.8. The van der Waals surface area contributed by atoms with Gasteiger partial charge in [-0.05, 0) is 37.5 Å². The molecule has 0 heterocycles. The van der Waals surface area contributed by atoms with Crippen LogP contribution in [0.4, 0.5) is 0 Å². The molecule has 2 N–H and O–H groups in total. The summed E-state index contributed by atoms with van der Waals surface area (Å²) in [6, 6.07) is 5.03. The van der Waals surface area contributed by atoms with Crippen LogP contribution in [0.5, 0.6) is 5.75 Å². The number of ether oxygens (including phenoxy) is 1. The lowest BCUT2D eigenvalue weighted by Gasteiger charge is -2.11. The number of benzene rings is 1. The van der Waals surface area contributed by atoms with Crippen LogP contribution >= 0.6 is 23.2 Å². The SMILES string of the molecule is O=C(CCCOc1ccc(Cl)cc1Cl)NCCNC(=O)C1CCCC1.